The highest BCUT2D eigenvalue weighted by Crippen LogP contribution is 2.23. The fourth-order valence-corrected chi connectivity index (χ4v) is 3.57. The van der Waals surface area contributed by atoms with Crippen molar-refractivity contribution in [2.24, 2.45) is 0 Å². The number of nitrogens with one attached hydrogen (secondary N) is 1. The Bertz CT molecular complexity index is 835. The molecule has 0 radical (unpaired) electrons. The lowest BCUT2D eigenvalue weighted by Gasteiger charge is -2.35. The monoisotopic (exact) mass is 371 g/mol. The second-order valence-electron chi connectivity index (χ2n) is 5.86. The van der Waals surface area contributed by atoms with Crippen molar-refractivity contribution < 1.29 is 9.72 Å². The van der Waals surface area contributed by atoms with Gasteiger partial charge in [-0.1, -0.05) is 0 Å². The van der Waals surface area contributed by atoms with E-state index in [2.05, 4.69) is 21.2 Å². The van der Waals surface area contributed by atoms with E-state index in [1.54, 1.807) is 23.6 Å². The normalized spacial score (nSPS) is 14.7. The number of anilines is 2. The van der Waals surface area contributed by atoms with E-state index < -0.39 is 4.92 Å². The van der Waals surface area contributed by atoms with Gasteiger partial charge in [0.15, 0.2) is 0 Å². The Morgan fingerprint density at radius 1 is 1.23 bits per heavy atom. The lowest BCUT2D eigenvalue weighted by Crippen LogP contribution is -2.48. The number of piperazine rings is 1. The Balaban J connectivity index is 1.50. The van der Waals surface area contributed by atoms with Crippen LogP contribution in [-0.2, 0) is 4.79 Å². The van der Waals surface area contributed by atoms with Gasteiger partial charge in [-0.05, 0) is 23.6 Å². The maximum Gasteiger partial charge on any atom is 0.269 e. The van der Waals surface area contributed by atoms with Gasteiger partial charge in [0.1, 0.15) is 11.1 Å². The van der Waals surface area contributed by atoms with Gasteiger partial charge in [0, 0.05) is 44.0 Å². The molecule has 1 N–H and O–H groups in total. The molecular formula is C17H17N5O3S. The van der Waals surface area contributed by atoms with Crippen molar-refractivity contribution in [1.82, 2.24) is 4.90 Å². The van der Waals surface area contributed by atoms with Gasteiger partial charge in [-0.15, -0.1) is 11.3 Å². The van der Waals surface area contributed by atoms with Crippen molar-refractivity contribution in [2.45, 2.75) is 0 Å². The summed E-state index contributed by atoms with van der Waals surface area (Å²) in [6.07, 6.45) is 0. The zero-order chi connectivity index (χ0) is 18.5. The van der Waals surface area contributed by atoms with Crippen LogP contribution >= 0.6 is 11.3 Å². The predicted octanol–water partition coefficient (Wildman–Crippen LogP) is 2.29. The quantitative estimate of drug-likeness (QED) is 0.639. The Kier molecular flexibility index (Phi) is 5.46. The van der Waals surface area contributed by atoms with Crippen LogP contribution < -0.4 is 10.2 Å². The smallest absolute Gasteiger partial charge is 0.269 e. The van der Waals surface area contributed by atoms with Gasteiger partial charge in [-0.25, -0.2) is 0 Å². The van der Waals surface area contributed by atoms with E-state index in [4.69, 9.17) is 5.26 Å². The molecule has 0 aliphatic carbocycles. The Morgan fingerprint density at radius 3 is 2.54 bits per heavy atom. The van der Waals surface area contributed by atoms with Crippen LogP contribution in [0, 0.1) is 21.4 Å². The molecule has 1 aromatic heterocycles. The molecule has 0 atom stereocenters. The molecule has 1 aliphatic rings. The minimum atomic E-state index is -0.411. The molecule has 1 aromatic carbocycles. The number of nitro benzene ring substituents is 1. The summed E-state index contributed by atoms with van der Waals surface area (Å²) >= 11 is 1.34. The van der Waals surface area contributed by atoms with E-state index in [1.807, 2.05) is 0 Å². The minimum Gasteiger partial charge on any atom is -0.369 e. The van der Waals surface area contributed by atoms with Crippen LogP contribution in [0.25, 0.3) is 0 Å². The summed E-state index contributed by atoms with van der Waals surface area (Å²) < 4.78 is 0. The van der Waals surface area contributed by atoms with Gasteiger partial charge in [0.2, 0.25) is 5.91 Å². The van der Waals surface area contributed by atoms with Crippen molar-refractivity contribution >= 4 is 33.6 Å². The van der Waals surface area contributed by atoms with Crippen LogP contribution in [0.2, 0.25) is 0 Å². The van der Waals surface area contributed by atoms with Gasteiger partial charge < -0.3 is 10.2 Å². The number of non-ortho nitro benzene ring substituents is 1. The van der Waals surface area contributed by atoms with E-state index in [0.29, 0.717) is 10.6 Å². The number of hydrogen-bond acceptors (Lipinski definition) is 7. The third-order valence-electron chi connectivity index (χ3n) is 4.20. The Hall–Kier alpha value is -2.96. The molecule has 134 valence electrons. The molecule has 9 heteroatoms. The number of nitriles is 1. The highest BCUT2D eigenvalue weighted by Gasteiger charge is 2.20. The molecule has 2 aromatic rings. The van der Waals surface area contributed by atoms with Gasteiger partial charge in [-0.2, -0.15) is 5.26 Å². The third-order valence-corrected chi connectivity index (χ3v) is 5.03. The first-order valence-corrected chi connectivity index (χ1v) is 8.94. The van der Waals surface area contributed by atoms with Gasteiger partial charge in [0.25, 0.3) is 5.69 Å². The molecule has 0 spiro atoms. The molecule has 26 heavy (non-hydrogen) atoms. The molecule has 1 saturated heterocycles. The molecule has 0 saturated carbocycles. The summed E-state index contributed by atoms with van der Waals surface area (Å²) in [5.41, 5.74) is 1.50. The number of thiophene rings is 1. The summed E-state index contributed by atoms with van der Waals surface area (Å²) in [7, 11) is 0. The summed E-state index contributed by atoms with van der Waals surface area (Å²) in [6, 6.07) is 10.2. The van der Waals surface area contributed by atoms with Gasteiger partial charge in [-0.3, -0.25) is 19.8 Å². The third kappa shape index (κ3) is 4.17. The first kappa shape index (κ1) is 17.8. The molecule has 3 rings (SSSR count). The second kappa shape index (κ2) is 7.95. The molecule has 0 bridgehead atoms. The number of benzene rings is 1. The molecule has 0 unspecified atom stereocenters. The van der Waals surface area contributed by atoms with Crippen LogP contribution in [0.15, 0.2) is 35.7 Å². The average molecular weight is 371 g/mol. The zero-order valence-corrected chi connectivity index (χ0v) is 14.7. The van der Waals surface area contributed by atoms with Crippen LogP contribution in [0.3, 0.4) is 0 Å². The van der Waals surface area contributed by atoms with Crippen molar-refractivity contribution in [1.29, 1.82) is 5.26 Å². The standard InChI is InChI=1S/C17H17N5O3S/c18-11-13-5-10-26-17(13)19-16(23)12-20-6-8-21(9-7-20)14-1-3-15(4-2-14)22(24)25/h1-5,10H,6-9,12H2,(H,19,23). The number of hydrogen-bond donors (Lipinski definition) is 1. The SMILES string of the molecule is N#Cc1ccsc1NC(=O)CN1CCN(c2ccc([N+](=O)[O-])cc2)CC1. The second-order valence-corrected chi connectivity index (χ2v) is 6.78. The summed E-state index contributed by atoms with van der Waals surface area (Å²) in [6.45, 7) is 3.21. The number of rotatable bonds is 5. The molecule has 1 amide bonds. The number of carbonyl (C=O) groups is 1. The first-order valence-electron chi connectivity index (χ1n) is 8.06. The van der Waals surface area contributed by atoms with E-state index >= 15 is 0 Å². The molecule has 2 heterocycles. The minimum absolute atomic E-state index is 0.0781. The lowest BCUT2D eigenvalue weighted by molar-refractivity contribution is -0.384. The zero-order valence-electron chi connectivity index (χ0n) is 13.9. The maximum atomic E-state index is 12.2. The van der Waals surface area contributed by atoms with Gasteiger partial charge in [0.05, 0.1) is 17.0 Å². The van der Waals surface area contributed by atoms with E-state index in [-0.39, 0.29) is 18.1 Å². The first-order chi connectivity index (χ1) is 12.6. The molecule has 8 nitrogen and oxygen atoms in total. The lowest BCUT2D eigenvalue weighted by atomic mass is 10.2. The molecule has 1 aliphatic heterocycles. The van der Waals surface area contributed by atoms with E-state index in [1.165, 1.54) is 23.5 Å². The van der Waals surface area contributed by atoms with Crippen LogP contribution in [-0.4, -0.2) is 48.5 Å². The number of nitro groups is 1. The largest absolute Gasteiger partial charge is 0.369 e. The highest BCUT2D eigenvalue weighted by molar-refractivity contribution is 7.14. The maximum absolute atomic E-state index is 12.2. The van der Waals surface area contributed by atoms with Crippen molar-refractivity contribution in [3.05, 3.63) is 51.4 Å². The number of carbonyl (C=O) groups excluding carboxylic acids is 1. The van der Waals surface area contributed by atoms with Crippen LogP contribution in [0.4, 0.5) is 16.4 Å². The van der Waals surface area contributed by atoms with Crippen molar-refractivity contribution in [2.75, 3.05) is 42.9 Å². The average Bonchev–Trinajstić information content (AvgIpc) is 3.09. The van der Waals surface area contributed by atoms with Crippen LogP contribution in [0.5, 0.6) is 0 Å². The highest BCUT2D eigenvalue weighted by atomic mass is 32.1. The van der Waals surface area contributed by atoms with Crippen LogP contribution in [0.1, 0.15) is 5.56 Å². The van der Waals surface area contributed by atoms with E-state index in [0.717, 1.165) is 31.9 Å². The topological polar surface area (TPSA) is 103 Å². The van der Waals surface area contributed by atoms with Crippen molar-refractivity contribution in [3.8, 4) is 6.07 Å². The molecule has 1 fully saturated rings. The van der Waals surface area contributed by atoms with Crippen molar-refractivity contribution in [3.63, 3.8) is 0 Å². The fourth-order valence-electron chi connectivity index (χ4n) is 2.81. The number of nitrogens with zero attached hydrogens (tertiary/aromatic N) is 4. The van der Waals surface area contributed by atoms with Gasteiger partial charge >= 0.3 is 0 Å². The summed E-state index contributed by atoms with van der Waals surface area (Å²) in [5, 5.41) is 24.8. The predicted molar refractivity (Wildman–Crippen MR) is 99.4 cm³/mol. The fraction of sp³-hybridized carbons (Fsp3) is 0.294. The Morgan fingerprint density at radius 2 is 1.92 bits per heavy atom. The molecular weight excluding hydrogens is 354 g/mol. The summed E-state index contributed by atoms with van der Waals surface area (Å²) in [4.78, 5) is 26.7. The Labute approximate surface area is 154 Å². The summed E-state index contributed by atoms with van der Waals surface area (Å²) in [5.74, 6) is -0.132. The van der Waals surface area contributed by atoms with E-state index in [9.17, 15) is 14.9 Å². The number of amides is 1.